The molecule has 2 aromatic heterocycles. The van der Waals surface area contributed by atoms with E-state index in [2.05, 4.69) is 66.7 Å². The maximum Gasteiger partial charge on any atom is 0.418 e. The third kappa shape index (κ3) is 10.3. The van der Waals surface area contributed by atoms with Gasteiger partial charge in [-0.3, -0.25) is 10.6 Å². The number of piperazine rings is 1. The van der Waals surface area contributed by atoms with Crippen molar-refractivity contribution in [2.75, 3.05) is 55.9 Å². The van der Waals surface area contributed by atoms with E-state index in [1.807, 2.05) is 31.7 Å². The fraction of sp³-hybridized carbons (Fsp3) is 0.389. The number of ether oxygens (including phenoxy) is 3. The van der Waals surface area contributed by atoms with Crippen LogP contribution in [-0.4, -0.2) is 77.4 Å². The van der Waals surface area contributed by atoms with Gasteiger partial charge in [0.05, 0.1) is 37.0 Å². The molecule has 1 fully saturated rings. The number of aryl methyl sites for hydroxylation is 5. The summed E-state index contributed by atoms with van der Waals surface area (Å²) >= 11 is 0. The number of unbranched alkanes of at least 4 members (excludes halogenated alkanes) is 1. The van der Waals surface area contributed by atoms with Crippen molar-refractivity contribution >= 4 is 29.4 Å². The number of benzene rings is 2. The molecular weight excluding hydrogens is 624 g/mol. The lowest BCUT2D eigenvalue weighted by atomic mass is 10.1. The fourth-order valence-corrected chi connectivity index (χ4v) is 4.93. The molecule has 0 saturated carbocycles. The van der Waals surface area contributed by atoms with E-state index in [9.17, 15) is 9.59 Å². The molecule has 3 amide bonds. The zero-order chi connectivity index (χ0) is 35.3. The van der Waals surface area contributed by atoms with Gasteiger partial charge in [0.1, 0.15) is 5.75 Å². The summed E-state index contributed by atoms with van der Waals surface area (Å²) in [5, 5.41) is 5.37. The molecule has 13 nitrogen and oxygen atoms in total. The number of rotatable bonds is 9. The molecule has 49 heavy (non-hydrogen) atoms. The van der Waals surface area contributed by atoms with Gasteiger partial charge in [-0.2, -0.15) is 0 Å². The normalized spacial score (nSPS) is 12.4. The van der Waals surface area contributed by atoms with Gasteiger partial charge in [-0.15, -0.1) is 0 Å². The number of nitrogens with one attached hydrogen (secondary N) is 2. The minimum absolute atomic E-state index is 0.171. The minimum atomic E-state index is -0.646. The number of amides is 3. The molecule has 2 aromatic carbocycles. The number of carbonyl (C=O) groups is 2. The first kappa shape index (κ1) is 36.4. The lowest BCUT2D eigenvalue weighted by Crippen LogP contribution is -2.50. The summed E-state index contributed by atoms with van der Waals surface area (Å²) in [5.41, 5.74) is 5.61. The van der Waals surface area contributed by atoms with E-state index in [4.69, 9.17) is 14.2 Å². The van der Waals surface area contributed by atoms with Crippen LogP contribution in [0.5, 0.6) is 17.5 Å². The number of aromatic nitrogens is 4. The van der Waals surface area contributed by atoms with Crippen LogP contribution in [0, 0.1) is 27.7 Å². The molecule has 3 heterocycles. The molecule has 1 aliphatic rings. The summed E-state index contributed by atoms with van der Waals surface area (Å²) in [4.78, 5) is 45.8. The Balaban J connectivity index is 0.000000237. The van der Waals surface area contributed by atoms with Crippen LogP contribution in [0.15, 0.2) is 54.6 Å². The van der Waals surface area contributed by atoms with Gasteiger partial charge >= 0.3 is 12.1 Å². The molecule has 5 rings (SSSR count). The largest absolute Gasteiger partial charge is 0.478 e. The Morgan fingerprint density at radius 3 is 1.78 bits per heavy atom. The SMILES string of the molecule is CCCCc1ccc(N2CCN(C(=O)Nc3nc(C)c(C)nc3OC)CC2)cc1.COc1nc(C)c(C)nc1NC(=O)Oc1ccccc1. The Hall–Kier alpha value is -5.46. The Morgan fingerprint density at radius 2 is 1.24 bits per heavy atom. The number of carbonyl (C=O) groups excluding carboxylic acids is 2. The molecule has 4 aromatic rings. The van der Waals surface area contributed by atoms with Crippen molar-refractivity contribution < 1.29 is 23.8 Å². The third-order valence-corrected chi connectivity index (χ3v) is 8.02. The number of urea groups is 1. The molecule has 1 aliphatic heterocycles. The summed E-state index contributed by atoms with van der Waals surface area (Å²) in [6.07, 6.45) is 2.93. The van der Waals surface area contributed by atoms with Crippen molar-refractivity contribution in [3.8, 4) is 17.5 Å². The molecule has 0 unspecified atom stereocenters. The monoisotopic (exact) mass is 670 g/mol. The van der Waals surface area contributed by atoms with Crippen molar-refractivity contribution in [2.24, 2.45) is 0 Å². The third-order valence-electron chi connectivity index (χ3n) is 8.02. The zero-order valence-corrected chi connectivity index (χ0v) is 29.4. The topological polar surface area (TPSA) is 144 Å². The molecule has 13 heteroatoms. The smallest absolute Gasteiger partial charge is 0.418 e. The van der Waals surface area contributed by atoms with Crippen molar-refractivity contribution in [3.63, 3.8) is 0 Å². The van der Waals surface area contributed by atoms with Crippen molar-refractivity contribution in [2.45, 2.75) is 53.9 Å². The van der Waals surface area contributed by atoms with Crippen LogP contribution in [0.2, 0.25) is 0 Å². The highest BCUT2D eigenvalue weighted by Crippen LogP contribution is 2.23. The second-order valence-corrected chi connectivity index (χ2v) is 11.5. The van der Waals surface area contributed by atoms with Crippen molar-refractivity contribution in [3.05, 3.63) is 82.9 Å². The van der Waals surface area contributed by atoms with Gasteiger partial charge in [0, 0.05) is 31.9 Å². The van der Waals surface area contributed by atoms with Gasteiger partial charge in [0.25, 0.3) is 11.8 Å². The molecule has 2 N–H and O–H groups in total. The minimum Gasteiger partial charge on any atom is -0.478 e. The predicted octanol–water partition coefficient (Wildman–Crippen LogP) is 6.51. The van der Waals surface area contributed by atoms with E-state index < -0.39 is 6.09 Å². The lowest BCUT2D eigenvalue weighted by Gasteiger charge is -2.36. The molecular formula is C36H46N8O5. The standard InChI is InChI=1S/C22H31N5O2.C14H15N3O3/c1-5-6-7-18-8-10-19(11-9-18)26-12-14-27(15-13-26)22(28)25-20-21(29-4)24-17(3)16(2)23-20;1-9-10(2)16-13(19-3)12(15-9)17-14(18)20-11-7-5-4-6-8-11/h8-11H,5-7,12-15H2,1-4H3,(H,23,25,28);4-8H,1-3H3,(H,15,17,18). The predicted molar refractivity (Wildman–Crippen MR) is 190 cm³/mol. The summed E-state index contributed by atoms with van der Waals surface area (Å²) in [6.45, 7) is 12.5. The molecule has 0 radical (unpaired) electrons. The number of nitrogens with zero attached hydrogens (tertiary/aromatic N) is 6. The van der Waals surface area contributed by atoms with Crippen LogP contribution >= 0.6 is 0 Å². The Labute approximate surface area is 288 Å². The fourth-order valence-electron chi connectivity index (χ4n) is 4.93. The second-order valence-electron chi connectivity index (χ2n) is 11.5. The molecule has 0 spiro atoms. The molecule has 0 bridgehead atoms. The van der Waals surface area contributed by atoms with Crippen LogP contribution in [0.1, 0.15) is 48.1 Å². The molecule has 0 atom stereocenters. The number of methoxy groups -OCH3 is 2. The van der Waals surface area contributed by atoms with E-state index in [-0.39, 0.29) is 17.7 Å². The van der Waals surface area contributed by atoms with Crippen LogP contribution in [0.4, 0.5) is 26.9 Å². The zero-order valence-electron chi connectivity index (χ0n) is 29.4. The maximum atomic E-state index is 12.7. The van der Waals surface area contributed by atoms with E-state index in [0.717, 1.165) is 36.6 Å². The van der Waals surface area contributed by atoms with Crippen LogP contribution in [0.25, 0.3) is 0 Å². The number of para-hydroxylation sites is 1. The van der Waals surface area contributed by atoms with Crippen LogP contribution in [-0.2, 0) is 6.42 Å². The van der Waals surface area contributed by atoms with E-state index in [0.29, 0.717) is 36.2 Å². The highest BCUT2D eigenvalue weighted by molar-refractivity contribution is 5.89. The van der Waals surface area contributed by atoms with Gasteiger partial charge in [-0.05, 0) is 70.4 Å². The highest BCUT2D eigenvalue weighted by Gasteiger charge is 2.23. The van der Waals surface area contributed by atoms with E-state index in [1.54, 1.807) is 31.2 Å². The van der Waals surface area contributed by atoms with Crippen molar-refractivity contribution in [1.29, 1.82) is 0 Å². The molecule has 0 aliphatic carbocycles. The van der Waals surface area contributed by atoms with Gasteiger partial charge in [0.15, 0.2) is 11.6 Å². The van der Waals surface area contributed by atoms with E-state index in [1.165, 1.54) is 38.3 Å². The number of hydrogen-bond donors (Lipinski definition) is 2. The van der Waals surface area contributed by atoms with Crippen LogP contribution < -0.4 is 29.7 Å². The van der Waals surface area contributed by atoms with Gasteiger partial charge < -0.3 is 24.0 Å². The van der Waals surface area contributed by atoms with Gasteiger partial charge in [-0.25, -0.2) is 29.5 Å². The molecule has 1 saturated heterocycles. The Bertz CT molecular complexity index is 1690. The lowest BCUT2D eigenvalue weighted by molar-refractivity contribution is 0.208. The second kappa shape index (κ2) is 17.6. The van der Waals surface area contributed by atoms with Gasteiger partial charge in [0.2, 0.25) is 0 Å². The quantitative estimate of drug-likeness (QED) is 0.202. The Morgan fingerprint density at radius 1 is 0.714 bits per heavy atom. The Kier molecular flexibility index (Phi) is 13.1. The average Bonchev–Trinajstić information content (AvgIpc) is 3.11. The summed E-state index contributed by atoms with van der Waals surface area (Å²) in [7, 11) is 2.99. The molecule has 260 valence electrons. The summed E-state index contributed by atoms with van der Waals surface area (Å²) in [6, 6.07) is 17.4. The maximum absolute atomic E-state index is 12.7. The number of hydrogen-bond acceptors (Lipinski definition) is 10. The van der Waals surface area contributed by atoms with E-state index >= 15 is 0 Å². The highest BCUT2D eigenvalue weighted by atomic mass is 16.6. The van der Waals surface area contributed by atoms with Gasteiger partial charge in [-0.1, -0.05) is 43.7 Å². The average molecular weight is 671 g/mol. The van der Waals surface area contributed by atoms with Crippen molar-refractivity contribution in [1.82, 2.24) is 24.8 Å². The first-order valence-corrected chi connectivity index (χ1v) is 16.3. The van der Waals surface area contributed by atoms with Crippen LogP contribution in [0.3, 0.4) is 0 Å². The summed E-state index contributed by atoms with van der Waals surface area (Å²) < 4.78 is 15.5. The number of anilines is 3. The first-order chi connectivity index (χ1) is 23.6. The summed E-state index contributed by atoms with van der Waals surface area (Å²) in [5.74, 6) is 1.63. The first-order valence-electron chi connectivity index (χ1n) is 16.3.